The second-order valence-corrected chi connectivity index (χ2v) is 8.79. The van der Waals surface area contributed by atoms with E-state index in [1.165, 1.54) is 10.6 Å². The molecule has 0 bridgehead atoms. The van der Waals surface area contributed by atoms with Gasteiger partial charge in [0.15, 0.2) is 0 Å². The normalized spacial score (nSPS) is 15.7. The summed E-state index contributed by atoms with van der Waals surface area (Å²) in [5.41, 5.74) is 2.44. The molecule has 1 aliphatic heterocycles. The topological polar surface area (TPSA) is 84.9 Å². The Hall–Kier alpha value is -2.74. The first-order valence-corrected chi connectivity index (χ1v) is 11.4. The molecule has 1 amide bonds. The van der Waals surface area contributed by atoms with Crippen LogP contribution in [0.15, 0.2) is 36.4 Å². The summed E-state index contributed by atoms with van der Waals surface area (Å²) in [6, 6.07) is 10.2. The number of nitrogens with zero attached hydrogens (tertiary/aromatic N) is 1. The van der Waals surface area contributed by atoms with Gasteiger partial charge in [0.05, 0.1) is 30.8 Å². The minimum Gasteiger partial charge on any atom is -0.494 e. The molecule has 2 aromatic rings. The Labute approximate surface area is 171 Å². The Kier molecular flexibility index (Phi) is 6.02. The van der Waals surface area contributed by atoms with Crippen molar-refractivity contribution in [1.82, 2.24) is 0 Å². The quantitative estimate of drug-likeness (QED) is 0.744. The molecule has 1 unspecified atom stereocenters. The maximum Gasteiger partial charge on any atom is 0.255 e. The first-order valence-electron chi connectivity index (χ1n) is 9.58. The smallest absolute Gasteiger partial charge is 0.255 e. The van der Waals surface area contributed by atoms with Crippen molar-refractivity contribution in [3.8, 4) is 11.5 Å². The lowest BCUT2D eigenvalue weighted by Gasteiger charge is -2.22. The van der Waals surface area contributed by atoms with Crippen LogP contribution in [0.5, 0.6) is 11.5 Å². The highest BCUT2D eigenvalue weighted by Crippen LogP contribution is 2.35. The van der Waals surface area contributed by atoms with Crippen LogP contribution >= 0.6 is 0 Å². The number of carbonyl (C=O) groups excluding carboxylic acids is 1. The average molecular weight is 419 g/mol. The summed E-state index contributed by atoms with van der Waals surface area (Å²) in [7, 11) is -3.37. The molecule has 0 saturated heterocycles. The molecule has 7 nitrogen and oxygen atoms in total. The number of sulfonamides is 1. The molecule has 0 aromatic heterocycles. The number of anilines is 2. The number of hydrogen-bond donors (Lipinski definition) is 1. The summed E-state index contributed by atoms with van der Waals surface area (Å²) in [5.74, 6) is 0.896. The first-order chi connectivity index (χ1) is 13.7. The van der Waals surface area contributed by atoms with E-state index in [4.69, 9.17) is 9.47 Å². The van der Waals surface area contributed by atoms with Crippen molar-refractivity contribution < 1.29 is 22.7 Å². The predicted octanol–water partition coefficient (Wildman–Crippen LogP) is 3.45. The number of ether oxygens (including phenoxy) is 2. The number of amides is 1. The molecular formula is C21H26N2O5S. The molecule has 1 N–H and O–H groups in total. The number of hydrogen-bond acceptors (Lipinski definition) is 5. The largest absolute Gasteiger partial charge is 0.494 e. The van der Waals surface area contributed by atoms with Crippen molar-refractivity contribution in [2.24, 2.45) is 0 Å². The third-order valence-electron chi connectivity index (χ3n) is 4.66. The summed E-state index contributed by atoms with van der Waals surface area (Å²) >= 11 is 0. The van der Waals surface area contributed by atoms with Crippen molar-refractivity contribution in [3.63, 3.8) is 0 Å². The zero-order valence-electron chi connectivity index (χ0n) is 17.1. The highest BCUT2D eigenvalue weighted by molar-refractivity contribution is 7.92. The highest BCUT2D eigenvalue weighted by Gasteiger charge is 2.32. The maximum atomic E-state index is 12.9. The fourth-order valence-electron chi connectivity index (χ4n) is 3.59. The summed E-state index contributed by atoms with van der Waals surface area (Å²) in [6.45, 7) is 6.60. The molecule has 3 rings (SSSR count). The molecule has 156 valence electrons. The van der Waals surface area contributed by atoms with E-state index in [1.54, 1.807) is 36.4 Å². The Balaban J connectivity index is 1.88. The summed E-state index contributed by atoms with van der Waals surface area (Å²) in [4.78, 5) is 12.9. The van der Waals surface area contributed by atoms with Gasteiger partial charge in [-0.15, -0.1) is 0 Å². The summed E-state index contributed by atoms with van der Waals surface area (Å²) in [6.07, 6.45) is 1.76. The van der Waals surface area contributed by atoms with E-state index in [1.807, 2.05) is 20.8 Å². The van der Waals surface area contributed by atoms with Crippen molar-refractivity contribution in [2.45, 2.75) is 33.2 Å². The van der Waals surface area contributed by atoms with E-state index >= 15 is 0 Å². The van der Waals surface area contributed by atoms with Gasteiger partial charge in [0.1, 0.15) is 11.5 Å². The lowest BCUT2D eigenvalue weighted by atomic mass is 10.1. The minimum absolute atomic E-state index is 0.175. The molecule has 29 heavy (non-hydrogen) atoms. The van der Waals surface area contributed by atoms with Crippen LogP contribution in [0.3, 0.4) is 0 Å². The van der Waals surface area contributed by atoms with E-state index in [0.29, 0.717) is 48.1 Å². The standard InChI is InChI=1S/C21H26N2O5S/c1-5-27-17-8-10-20(28-6-2)18(13-17)22-21(24)15-7-9-19-16(12-15)11-14(3)23(19)29(4,25)26/h7-10,12-14H,5-6,11H2,1-4H3,(H,22,24). The van der Waals surface area contributed by atoms with Crippen LogP contribution in [0, 0.1) is 0 Å². The van der Waals surface area contributed by atoms with Crippen LogP contribution in [0.4, 0.5) is 11.4 Å². The van der Waals surface area contributed by atoms with Crippen LogP contribution in [-0.4, -0.2) is 39.8 Å². The maximum absolute atomic E-state index is 12.9. The van der Waals surface area contributed by atoms with Gasteiger partial charge < -0.3 is 14.8 Å². The SMILES string of the molecule is CCOc1ccc(OCC)c(NC(=O)c2ccc3c(c2)CC(C)N3S(C)(=O)=O)c1. The molecule has 0 fully saturated rings. The molecule has 0 aliphatic carbocycles. The number of fused-ring (bicyclic) bond motifs is 1. The Morgan fingerprint density at radius 2 is 1.86 bits per heavy atom. The van der Waals surface area contributed by atoms with E-state index in [2.05, 4.69) is 5.32 Å². The molecule has 2 aromatic carbocycles. The van der Waals surface area contributed by atoms with E-state index in [9.17, 15) is 13.2 Å². The second kappa shape index (κ2) is 8.32. The highest BCUT2D eigenvalue weighted by atomic mass is 32.2. The zero-order valence-corrected chi connectivity index (χ0v) is 17.9. The summed E-state index contributed by atoms with van der Waals surface area (Å²) in [5, 5.41) is 2.88. The molecule has 1 atom stereocenters. The lowest BCUT2D eigenvalue weighted by Crippen LogP contribution is -2.34. The van der Waals surface area contributed by atoms with Gasteiger partial charge in [-0.25, -0.2) is 8.42 Å². The molecule has 0 spiro atoms. The Bertz CT molecular complexity index is 1020. The van der Waals surface area contributed by atoms with E-state index < -0.39 is 10.0 Å². The van der Waals surface area contributed by atoms with Gasteiger partial charge in [0, 0.05) is 17.7 Å². The monoisotopic (exact) mass is 418 g/mol. The van der Waals surface area contributed by atoms with E-state index in [0.717, 1.165) is 5.56 Å². The van der Waals surface area contributed by atoms with Gasteiger partial charge >= 0.3 is 0 Å². The van der Waals surface area contributed by atoms with Gasteiger partial charge in [-0.3, -0.25) is 9.10 Å². The predicted molar refractivity (Wildman–Crippen MR) is 114 cm³/mol. The fourth-order valence-corrected chi connectivity index (χ4v) is 4.85. The third-order valence-corrected chi connectivity index (χ3v) is 5.93. The van der Waals surface area contributed by atoms with E-state index in [-0.39, 0.29) is 11.9 Å². The van der Waals surface area contributed by atoms with Crippen molar-refractivity contribution >= 4 is 27.3 Å². The fraction of sp³-hybridized carbons (Fsp3) is 0.381. The van der Waals surface area contributed by atoms with Gasteiger partial charge in [-0.2, -0.15) is 0 Å². The minimum atomic E-state index is -3.37. The third kappa shape index (κ3) is 4.48. The van der Waals surface area contributed by atoms with Gasteiger partial charge in [0.2, 0.25) is 10.0 Å². The van der Waals surface area contributed by atoms with Crippen LogP contribution in [0.25, 0.3) is 0 Å². The van der Waals surface area contributed by atoms with Crippen molar-refractivity contribution in [2.75, 3.05) is 29.1 Å². The molecule has 1 heterocycles. The van der Waals surface area contributed by atoms with Crippen molar-refractivity contribution in [1.29, 1.82) is 0 Å². The number of carbonyl (C=O) groups is 1. The van der Waals surface area contributed by atoms with Crippen LogP contribution < -0.4 is 19.1 Å². The van der Waals surface area contributed by atoms with Gasteiger partial charge in [-0.05, 0) is 63.1 Å². The molecule has 1 aliphatic rings. The summed E-state index contributed by atoms with van der Waals surface area (Å²) < 4.78 is 36.7. The van der Waals surface area contributed by atoms with Crippen LogP contribution in [-0.2, 0) is 16.4 Å². The number of nitrogens with one attached hydrogen (secondary N) is 1. The molecular weight excluding hydrogens is 392 g/mol. The Morgan fingerprint density at radius 3 is 2.52 bits per heavy atom. The molecule has 0 saturated carbocycles. The molecule has 0 radical (unpaired) electrons. The van der Waals surface area contributed by atoms with Gasteiger partial charge in [0.25, 0.3) is 5.91 Å². The lowest BCUT2D eigenvalue weighted by molar-refractivity contribution is 0.102. The zero-order chi connectivity index (χ0) is 21.2. The Morgan fingerprint density at radius 1 is 1.14 bits per heavy atom. The van der Waals surface area contributed by atoms with Crippen molar-refractivity contribution in [3.05, 3.63) is 47.5 Å². The number of benzene rings is 2. The molecule has 8 heteroatoms. The van der Waals surface area contributed by atoms with Crippen LogP contribution in [0.1, 0.15) is 36.7 Å². The van der Waals surface area contributed by atoms with Crippen LogP contribution in [0.2, 0.25) is 0 Å². The second-order valence-electron chi connectivity index (χ2n) is 6.93. The average Bonchev–Trinajstić information content (AvgIpc) is 2.99. The number of rotatable bonds is 7. The van der Waals surface area contributed by atoms with Gasteiger partial charge in [-0.1, -0.05) is 0 Å². The first kappa shape index (κ1) is 21.0.